The minimum absolute atomic E-state index is 0.0669. The van der Waals surface area contributed by atoms with Gasteiger partial charge >= 0.3 is 6.09 Å². The standard InChI is InChI=1S/C27H33Cl2N3O3.C24H37N3O4/c1-20-5-3-12-31(20)13-4-18-35-22-10-8-21(9-11-22)25(33)19-30-14-16-32(17-15-30)27(34)23-6-2-7-24(28)26(23)29;1-19(2)31-24(29)27-15-13-25(14-16-27)18-23(28)21-7-9-22(10-8-21)30-17-5-12-26-11-4-6-20(26)3/h2,6-11,20H,3-5,12-19H2,1H3;7-10,19-20H,4-6,11-18H2,1-3H3/t2*20-/m11/s1. The minimum Gasteiger partial charge on any atom is -0.494 e. The van der Waals surface area contributed by atoms with Gasteiger partial charge < -0.3 is 33.8 Å². The van der Waals surface area contributed by atoms with Crippen molar-refractivity contribution in [1.82, 2.24) is 29.4 Å². The zero-order valence-corrected chi connectivity index (χ0v) is 40.9. The summed E-state index contributed by atoms with van der Waals surface area (Å²) in [5, 5.41) is 0.653. The van der Waals surface area contributed by atoms with Gasteiger partial charge in [-0.2, -0.15) is 0 Å². The predicted octanol–water partition coefficient (Wildman–Crippen LogP) is 8.17. The maximum absolute atomic E-state index is 12.8. The number of halogens is 2. The highest BCUT2D eigenvalue weighted by Crippen LogP contribution is 2.27. The molecule has 0 unspecified atom stereocenters. The number of carbonyl (C=O) groups excluding carboxylic acids is 4. The molecule has 2 amide bonds. The number of piperazine rings is 2. The molecule has 0 aliphatic carbocycles. The van der Waals surface area contributed by atoms with Gasteiger partial charge in [-0.15, -0.1) is 0 Å². The number of ether oxygens (including phenoxy) is 3. The molecule has 4 aliphatic heterocycles. The lowest BCUT2D eigenvalue weighted by molar-refractivity contribution is 0.0558. The Hall–Kier alpha value is -4.24. The van der Waals surface area contributed by atoms with Gasteiger partial charge in [0.05, 0.1) is 48.0 Å². The molecule has 7 rings (SSSR count). The SMILES string of the molecule is CC(C)OC(=O)N1CCN(CC(=O)c2ccc(OCCCN3CCC[C@H]3C)cc2)CC1.C[C@@H]1CCCN1CCCOc1ccc(C(=O)CN2CCN(C(=O)c3cccc(Cl)c3Cl)CC2)cc1. The van der Waals surface area contributed by atoms with Gasteiger partial charge in [-0.3, -0.25) is 24.2 Å². The van der Waals surface area contributed by atoms with Gasteiger partial charge in [0, 0.05) is 88.7 Å². The number of Topliss-reactive ketones (excluding diaryl/α,β-unsaturated/α-hetero) is 2. The van der Waals surface area contributed by atoms with E-state index in [2.05, 4.69) is 33.4 Å². The molecular formula is C51H70Cl2N6O7. The second-order valence-electron chi connectivity index (χ2n) is 18.2. The van der Waals surface area contributed by atoms with Crippen molar-refractivity contribution >= 4 is 46.8 Å². The number of carbonyl (C=O) groups is 4. The Balaban J connectivity index is 0.000000220. The maximum atomic E-state index is 12.8. The summed E-state index contributed by atoms with van der Waals surface area (Å²) in [5.74, 6) is 1.63. The summed E-state index contributed by atoms with van der Waals surface area (Å²) in [7, 11) is 0. The van der Waals surface area contributed by atoms with E-state index in [1.807, 2.05) is 62.4 Å². The third kappa shape index (κ3) is 15.4. The van der Waals surface area contributed by atoms with E-state index in [0.29, 0.717) is 112 Å². The van der Waals surface area contributed by atoms with Crippen molar-refractivity contribution < 1.29 is 33.4 Å². The molecule has 360 valence electrons. The lowest BCUT2D eigenvalue weighted by Gasteiger charge is -2.34. The van der Waals surface area contributed by atoms with E-state index >= 15 is 0 Å². The zero-order chi connectivity index (χ0) is 47.0. The van der Waals surface area contributed by atoms with Gasteiger partial charge in [-0.25, -0.2) is 4.79 Å². The summed E-state index contributed by atoms with van der Waals surface area (Å²) in [6, 6.07) is 21.3. The number of likely N-dealkylation sites (tertiary alicyclic amines) is 2. The van der Waals surface area contributed by atoms with Crippen LogP contribution in [0.5, 0.6) is 11.5 Å². The number of amides is 2. The summed E-state index contributed by atoms with van der Waals surface area (Å²) in [6.07, 6.45) is 6.82. The highest BCUT2D eigenvalue weighted by atomic mass is 35.5. The molecule has 0 N–H and O–H groups in total. The third-order valence-corrected chi connectivity index (χ3v) is 13.8. The lowest BCUT2D eigenvalue weighted by Crippen LogP contribution is -2.50. The van der Waals surface area contributed by atoms with Gasteiger partial charge in [-0.1, -0.05) is 29.3 Å². The first-order valence-corrected chi connectivity index (χ1v) is 24.7. The van der Waals surface area contributed by atoms with Crippen LogP contribution in [0.3, 0.4) is 0 Å². The highest BCUT2D eigenvalue weighted by molar-refractivity contribution is 6.43. The topological polar surface area (TPSA) is 115 Å². The Kier molecular flexibility index (Phi) is 20.0. The van der Waals surface area contributed by atoms with Crippen molar-refractivity contribution in [2.45, 2.75) is 84.4 Å². The summed E-state index contributed by atoms with van der Waals surface area (Å²) >= 11 is 12.3. The smallest absolute Gasteiger partial charge is 0.410 e. The summed E-state index contributed by atoms with van der Waals surface area (Å²) in [6.45, 7) is 19.8. The zero-order valence-electron chi connectivity index (χ0n) is 39.4. The summed E-state index contributed by atoms with van der Waals surface area (Å²) in [4.78, 5) is 62.9. The first-order chi connectivity index (χ1) is 31.8. The second kappa shape index (κ2) is 25.8. The average molecular weight is 950 g/mol. The van der Waals surface area contributed by atoms with Gasteiger partial charge in [-0.05, 0) is 140 Å². The normalized spacial score (nSPS) is 19.7. The Labute approximate surface area is 402 Å². The van der Waals surface area contributed by atoms with Crippen LogP contribution in [0.4, 0.5) is 4.79 Å². The highest BCUT2D eigenvalue weighted by Gasteiger charge is 2.27. The fourth-order valence-corrected chi connectivity index (χ4v) is 9.32. The van der Waals surface area contributed by atoms with Crippen LogP contribution in [-0.4, -0.2) is 176 Å². The van der Waals surface area contributed by atoms with Gasteiger partial charge in [0.1, 0.15) is 11.5 Å². The number of rotatable bonds is 18. The van der Waals surface area contributed by atoms with Gasteiger partial charge in [0.25, 0.3) is 5.91 Å². The van der Waals surface area contributed by atoms with Crippen LogP contribution in [0.15, 0.2) is 66.7 Å². The second-order valence-corrected chi connectivity index (χ2v) is 19.0. The van der Waals surface area contributed by atoms with Crippen LogP contribution in [0, 0.1) is 0 Å². The molecule has 0 aromatic heterocycles. The summed E-state index contributed by atoms with van der Waals surface area (Å²) in [5.41, 5.74) is 1.78. The van der Waals surface area contributed by atoms with Crippen LogP contribution < -0.4 is 9.47 Å². The van der Waals surface area contributed by atoms with E-state index in [-0.39, 0.29) is 34.7 Å². The number of nitrogens with zero attached hydrogens (tertiary/aromatic N) is 6. The van der Waals surface area contributed by atoms with Gasteiger partial charge in [0.15, 0.2) is 11.6 Å². The van der Waals surface area contributed by atoms with Crippen LogP contribution in [0.2, 0.25) is 10.0 Å². The molecule has 2 atom stereocenters. The Bertz CT molecular complexity index is 2020. The van der Waals surface area contributed by atoms with E-state index in [0.717, 1.165) is 37.4 Å². The number of ketones is 2. The fraction of sp³-hybridized carbons (Fsp3) is 0.569. The molecule has 15 heteroatoms. The molecule has 4 heterocycles. The van der Waals surface area contributed by atoms with Crippen LogP contribution >= 0.6 is 23.2 Å². The molecule has 66 heavy (non-hydrogen) atoms. The molecule has 0 bridgehead atoms. The Morgan fingerprint density at radius 3 is 1.48 bits per heavy atom. The van der Waals surface area contributed by atoms with Gasteiger partial charge in [0.2, 0.25) is 0 Å². The number of benzene rings is 3. The molecule has 4 fully saturated rings. The van der Waals surface area contributed by atoms with Crippen molar-refractivity contribution in [2.75, 3.05) is 105 Å². The van der Waals surface area contributed by atoms with Crippen molar-refractivity contribution in [1.29, 1.82) is 0 Å². The quantitative estimate of drug-likeness (QED) is 0.0909. The molecule has 0 radical (unpaired) electrons. The first-order valence-electron chi connectivity index (χ1n) is 24.0. The minimum atomic E-state index is -0.272. The maximum Gasteiger partial charge on any atom is 0.410 e. The van der Waals surface area contributed by atoms with Crippen LogP contribution in [0.25, 0.3) is 0 Å². The molecule has 4 aliphatic rings. The van der Waals surface area contributed by atoms with E-state index in [1.54, 1.807) is 28.0 Å². The molecule has 4 saturated heterocycles. The van der Waals surface area contributed by atoms with E-state index in [9.17, 15) is 19.2 Å². The number of hydrogen-bond donors (Lipinski definition) is 0. The lowest BCUT2D eigenvalue weighted by atomic mass is 10.1. The van der Waals surface area contributed by atoms with Crippen molar-refractivity contribution in [3.63, 3.8) is 0 Å². The molecule has 0 saturated carbocycles. The largest absolute Gasteiger partial charge is 0.494 e. The molecule has 0 spiro atoms. The van der Waals surface area contributed by atoms with Crippen molar-refractivity contribution in [3.8, 4) is 11.5 Å². The fourth-order valence-electron chi connectivity index (χ4n) is 8.94. The third-order valence-electron chi connectivity index (χ3n) is 13.0. The van der Waals surface area contributed by atoms with E-state index in [1.165, 1.54) is 38.8 Å². The summed E-state index contributed by atoms with van der Waals surface area (Å²) < 4.78 is 17.0. The molecule has 3 aromatic carbocycles. The van der Waals surface area contributed by atoms with Crippen LogP contribution in [-0.2, 0) is 4.74 Å². The molecule has 3 aromatic rings. The number of hydrogen-bond acceptors (Lipinski definition) is 11. The Morgan fingerprint density at radius 2 is 1.06 bits per heavy atom. The van der Waals surface area contributed by atoms with E-state index < -0.39 is 0 Å². The van der Waals surface area contributed by atoms with E-state index in [4.69, 9.17) is 37.4 Å². The molecule has 13 nitrogen and oxygen atoms in total. The van der Waals surface area contributed by atoms with Crippen LogP contribution in [0.1, 0.15) is 97.3 Å². The monoisotopic (exact) mass is 948 g/mol. The Morgan fingerprint density at radius 1 is 0.606 bits per heavy atom. The average Bonchev–Trinajstić information content (AvgIpc) is 3.94. The van der Waals surface area contributed by atoms with Crippen molar-refractivity contribution in [3.05, 3.63) is 93.5 Å². The predicted molar refractivity (Wildman–Crippen MR) is 261 cm³/mol. The first kappa shape index (κ1) is 51.2. The van der Waals surface area contributed by atoms with Crippen molar-refractivity contribution in [2.24, 2.45) is 0 Å². The molecular weight excluding hydrogens is 880 g/mol.